The fourth-order valence-electron chi connectivity index (χ4n) is 3.16. The number of amides is 1. The molecule has 3 rings (SSSR count). The van der Waals surface area contributed by atoms with Gasteiger partial charge >= 0.3 is 0 Å². The molecule has 0 aromatic heterocycles. The minimum absolute atomic E-state index is 0.167. The zero-order valence-corrected chi connectivity index (χ0v) is 18.2. The number of carbonyl (C=O) groups is 1. The van der Waals surface area contributed by atoms with E-state index in [1.807, 2.05) is 53.8 Å². The molecule has 1 amide bonds. The van der Waals surface area contributed by atoms with Gasteiger partial charge < -0.3 is 20.1 Å². The predicted molar refractivity (Wildman–Crippen MR) is 119 cm³/mol. The van der Waals surface area contributed by atoms with Gasteiger partial charge in [0.2, 0.25) is 0 Å². The highest BCUT2D eigenvalue weighted by Crippen LogP contribution is 2.27. The van der Waals surface area contributed by atoms with E-state index in [9.17, 15) is 4.79 Å². The number of halogens is 2. The number of hydrogen-bond acceptors (Lipinski definition) is 3. The fraction of sp³-hybridized carbons (Fsp3) is 0.174. The van der Waals surface area contributed by atoms with Crippen LogP contribution in [0.2, 0.25) is 10.0 Å². The smallest absolute Gasteiger partial charge is 0.287 e. The van der Waals surface area contributed by atoms with Crippen LogP contribution >= 0.6 is 23.2 Å². The summed E-state index contributed by atoms with van der Waals surface area (Å²) in [5.74, 6) is 1.15. The van der Waals surface area contributed by atoms with Crippen LogP contribution in [0.1, 0.15) is 17.2 Å². The van der Waals surface area contributed by atoms with Crippen LogP contribution in [0.25, 0.3) is 0 Å². The molecule has 3 N–H and O–H groups in total. The number of anilines is 1. The van der Waals surface area contributed by atoms with Crippen molar-refractivity contribution in [3.05, 3.63) is 87.9 Å². The minimum atomic E-state index is -0.461. The zero-order valence-electron chi connectivity index (χ0n) is 16.7. The van der Waals surface area contributed by atoms with Crippen LogP contribution < -0.4 is 20.1 Å². The monoisotopic (exact) mass is 445 g/mol. The normalized spacial score (nSPS) is 11.6. The third kappa shape index (κ3) is 5.66. The lowest BCUT2D eigenvalue weighted by molar-refractivity contribution is -0.697. The number of carbonyl (C=O) groups excluding carboxylic acids is 1. The van der Waals surface area contributed by atoms with E-state index in [4.69, 9.17) is 32.7 Å². The maximum absolute atomic E-state index is 13.1. The van der Waals surface area contributed by atoms with Crippen LogP contribution in [0.15, 0.2) is 66.7 Å². The molecule has 3 aromatic carbocycles. The van der Waals surface area contributed by atoms with Crippen LogP contribution in [0.4, 0.5) is 5.69 Å². The largest absolute Gasteiger partial charge is 0.493 e. The third-order valence-corrected chi connectivity index (χ3v) is 5.04. The molecular weight excluding hydrogens is 423 g/mol. The molecule has 30 heavy (non-hydrogen) atoms. The van der Waals surface area contributed by atoms with Gasteiger partial charge in [-0.3, -0.25) is 4.79 Å². The SMILES string of the molecule is COc1ccc(C[NH2+][C@H](C(=O)Nc2cc(Cl)cc(Cl)c2)c2ccccc2)cc1OC. The number of methoxy groups -OCH3 is 2. The molecular formula is C23H23Cl2N2O3+. The maximum atomic E-state index is 13.1. The van der Waals surface area contributed by atoms with Gasteiger partial charge in [-0.05, 0) is 36.4 Å². The molecule has 156 valence electrons. The Labute approximate surface area is 185 Å². The van der Waals surface area contributed by atoms with E-state index in [-0.39, 0.29) is 5.91 Å². The van der Waals surface area contributed by atoms with Gasteiger partial charge in [-0.2, -0.15) is 0 Å². The molecule has 0 aliphatic carbocycles. The summed E-state index contributed by atoms with van der Waals surface area (Å²) in [6.07, 6.45) is 0. The van der Waals surface area contributed by atoms with Gasteiger partial charge in [0, 0.05) is 26.9 Å². The van der Waals surface area contributed by atoms with Crippen molar-refractivity contribution in [3.63, 3.8) is 0 Å². The zero-order chi connectivity index (χ0) is 21.5. The molecule has 1 atom stereocenters. The molecule has 5 nitrogen and oxygen atoms in total. The Morgan fingerprint density at radius 1 is 0.933 bits per heavy atom. The second kappa shape index (κ2) is 10.3. The van der Waals surface area contributed by atoms with E-state index in [2.05, 4.69) is 5.32 Å². The first kappa shape index (κ1) is 22.0. The molecule has 0 radical (unpaired) electrons. The first-order valence-electron chi connectivity index (χ1n) is 9.36. The molecule has 0 aliphatic rings. The average molecular weight is 446 g/mol. The lowest BCUT2D eigenvalue weighted by atomic mass is 10.1. The van der Waals surface area contributed by atoms with Crippen molar-refractivity contribution < 1.29 is 19.6 Å². The molecule has 0 unspecified atom stereocenters. The summed E-state index contributed by atoms with van der Waals surface area (Å²) < 4.78 is 10.7. The van der Waals surface area contributed by atoms with E-state index >= 15 is 0 Å². The van der Waals surface area contributed by atoms with Crippen LogP contribution in [0, 0.1) is 0 Å². The molecule has 0 saturated heterocycles. The quantitative estimate of drug-likeness (QED) is 0.537. The number of benzene rings is 3. The number of rotatable bonds is 8. The van der Waals surface area contributed by atoms with E-state index in [0.717, 1.165) is 11.1 Å². The first-order chi connectivity index (χ1) is 14.5. The lowest BCUT2D eigenvalue weighted by Crippen LogP contribution is -2.85. The van der Waals surface area contributed by atoms with Gasteiger partial charge in [0.15, 0.2) is 17.5 Å². The summed E-state index contributed by atoms with van der Waals surface area (Å²) in [6, 6.07) is 19.8. The molecule has 0 aliphatic heterocycles. The van der Waals surface area contributed by atoms with Crippen molar-refractivity contribution in [2.75, 3.05) is 19.5 Å². The van der Waals surface area contributed by atoms with E-state index in [1.54, 1.807) is 32.4 Å². The standard InChI is InChI=1S/C23H22Cl2N2O3/c1-29-20-9-8-15(10-21(20)30-2)14-26-22(16-6-4-3-5-7-16)23(28)27-19-12-17(24)11-18(25)13-19/h3-13,22,26H,14H2,1-2H3,(H,27,28)/p+1/t22-/m0/s1. The van der Waals surface area contributed by atoms with Gasteiger partial charge in [0.25, 0.3) is 5.91 Å². The fourth-order valence-corrected chi connectivity index (χ4v) is 3.69. The van der Waals surface area contributed by atoms with Crippen LogP contribution in [-0.4, -0.2) is 20.1 Å². The number of hydrogen-bond donors (Lipinski definition) is 2. The van der Waals surface area contributed by atoms with E-state index in [0.29, 0.717) is 33.8 Å². The van der Waals surface area contributed by atoms with Gasteiger partial charge in [-0.15, -0.1) is 0 Å². The van der Waals surface area contributed by atoms with E-state index in [1.165, 1.54) is 0 Å². The Hall–Kier alpha value is -2.73. The number of nitrogens with one attached hydrogen (secondary N) is 1. The van der Waals surface area contributed by atoms with Crippen molar-refractivity contribution in [3.8, 4) is 11.5 Å². The second-order valence-corrected chi connectivity index (χ2v) is 7.54. The van der Waals surface area contributed by atoms with Gasteiger partial charge in [0.05, 0.1) is 14.2 Å². The summed E-state index contributed by atoms with van der Waals surface area (Å²) in [6.45, 7) is 0.573. The van der Waals surface area contributed by atoms with Crippen molar-refractivity contribution in [2.24, 2.45) is 0 Å². The lowest BCUT2D eigenvalue weighted by Gasteiger charge is -2.17. The molecule has 0 saturated carbocycles. The van der Waals surface area contributed by atoms with Crippen LogP contribution in [0.5, 0.6) is 11.5 Å². The third-order valence-electron chi connectivity index (χ3n) is 4.61. The highest BCUT2D eigenvalue weighted by molar-refractivity contribution is 6.35. The Morgan fingerprint density at radius 3 is 2.23 bits per heavy atom. The molecule has 0 fully saturated rings. The molecule has 0 spiro atoms. The van der Waals surface area contributed by atoms with Crippen molar-refractivity contribution >= 4 is 34.8 Å². The highest BCUT2D eigenvalue weighted by Gasteiger charge is 2.24. The van der Waals surface area contributed by atoms with Gasteiger partial charge in [-0.1, -0.05) is 53.5 Å². The summed E-state index contributed by atoms with van der Waals surface area (Å²) in [5, 5.41) is 5.81. The maximum Gasteiger partial charge on any atom is 0.287 e. The summed E-state index contributed by atoms with van der Waals surface area (Å²) in [4.78, 5) is 13.1. The Kier molecular flexibility index (Phi) is 7.57. The Bertz CT molecular complexity index is 992. The number of ether oxygens (including phenoxy) is 2. The number of nitrogens with two attached hydrogens (primary N) is 1. The first-order valence-corrected chi connectivity index (χ1v) is 10.1. The average Bonchev–Trinajstić information content (AvgIpc) is 2.73. The van der Waals surface area contributed by atoms with Crippen molar-refractivity contribution in [1.29, 1.82) is 0 Å². The molecule has 7 heteroatoms. The van der Waals surface area contributed by atoms with E-state index < -0.39 is 6.04 Å². The van der Waals surface area contributed by atoms with Crippen molar-refractivity contribution in [1.82, 2.24) is 0 Å². The second-order valence-electron chi connectivity index (χ2n) is 6.66. The topological polar surface area (TPSA) is 64.2 Å². The minimum Gasteiger partial charge on any atom is -0.493 e. The van der Waals surface area contributed by atoms with Crippen molar-refractivity contribution in [2.45, 2.75) is 12.6 Å². The Balaban J connectivity index is 1.80. The van der Waals surface area contributed by atoms with Crippen LogP contribution in [-0.2, 0) is 11.3 Å². The number of quaternary nitrogens is 1. The molecule has 3 aromatic rings. The summed E-state index contributed by atoms with van der Waals surface area (Å²) in [5.41, 5.74) is 2.45. The molecule has 0 bridgehead atoms. The van der Waals surface area contributed by atoms with Crippen LogP contribution in [0.3, 0.4) is 0 Å². The molecule has 0 heterocycles. The predicted octanol–water partition coefficient (Wildman–Crippen LogP) is 4.45. The summed E-state index contributed by atoms with van der Waals surface area (Å²) >= 11 is 12.1. The highest BCUT2D eigenvalue weighted by atomic mass is 35.5. The van der Waals surface area contributed by atoms with Gasteiger partial charge in [-0.25, -0.2) is 0 Å². The van der Waals surface area contributed by atoms with Gasteiger partial charge in [0.1, 0.15) is 6.54 Å². The Morgan fingerprint density at radius 2 is 1.60 bits per heavy atom. The summed E-state index contributed by atoms with van der Waals surface area (Å²) in [7, 11) is 3.20.